The molecule has 0 aromatic carbocycles. The van der Waals surface area contributed by atoms with Crippen LogP contribution in [0.5, 0.6) is 0 Å². The molecule has 0 saturated carbocycles. The number of hydrogen-bond donors (Lipinski definition) is 0. The Morgan fingerprint density at radius 2 is 1.40 bits per heavy atom. The monoisotopic (exact) mass is 212 g/mol. The maximum atomic E-state index is 11.3. The van der Waals surface area contributed by atoms with Crippen molar-refractivity contribution >= 4 is 5.78 Å². The van der Waals surface area contributed by atoms with Gasteiger partial charge in [-0.15, -0.1) is 0 Å². The van der Waals surface area contributed by atoms with Crippen molar-refractivity contribution in [3.8, 4) is 0 Å². The highest BCUT2D eigenvalue weighted by atomic mass is 16.1. The first-order chi connectivity index (χ1) is 6.77. The van der Waals surface area contributed by atoms with E-state index in [0.29, 0.717) is 17.6 Å². The van der Waals surface area contributed by atoms with E-state index in [1.807, 2.05) is 6.92 Å². The van der Waals surface area contributed by atoms with E-state index < -0.39 is 0 Å². The first-order valence-corrected chi connectivity index (χ1v) is 6.28. The summed E-state index contributed by atoms with van der Waals surface area (Å²) in [6.07, 6.45) is 4.91. The predicted octanol–water partition coefficient (Wildman–Crippen LogP) is 4.60. The molecule has 0 aromatic rings. The number of carbonyl (C=O) groups is 1. The third-order valence-corrected chi connectivity index (χ3v) is 4.13. The molecule has 0 aliphatic carbocycles. The average Bonchev–Trinajstić information content (AvgIpc) is 2.14. The minimum Gasteiger partial charge on any atom is -0.300 e. The third-order valence-electron chi connectivity index (χ3n) is 4.13. The first kappa shape index (κ1) is 14.7. The summed E-state index contributed by atoms with van der Waals surface area (Å²) in [5.74, 6) is 0.398. The van der Waals surface area contributed by atoms with Gasteiger partial charge in [0.05, 0.1) is 0 Å². The number of hydrogen-bond acceptors (Lipinski definition) is 1. The van der Waals surface area contributed by atoms with Crippen LogP contribution in [-0.2, 0) is 4.79 Å². The summed E-state index contributed by atoms with van der Waals surface area (Å²) in [5, 5.41) is 0. The van der Waals surface area contributed by atoms with Crippen molar-refractivity contribution in [2.75, 3.05) is 0 Å². The van der Waals surface area contributed by atoms with Crippen LogP contribution >= 0.6 is 0 Å². The van der Waals surface area contributed by atoms with Crippen molar-refractivity contribution in [1.82, 2.24) is 0 Å². The van der Waals surface area contributed by atoms with Gasteiger partial charge >= 0.3 is 0 Å². The highest BCUT2D eigenvalue weighted by Crippen LogP contribution is 2.45. The summed E-state index contributed by atoms with van der Waals surface area (Å²) in [5.41, 5.74) is 0.587. The maximum Gasteiger partial charge on any atom is 0.132 e. The molecule has 0 N–H and O–H groups in total. The predicted molar refractivity (Wildman–Crippen MR) is 67.0 cm³/mol. The highest BCUT2D eigenvalue weighted by Gasteiger charge is 2.35. The summed E-state index contributed by atoms with van der Waals surface area (Å²) >= 11 is 0. The molecular weight excluding hydrogens is 184 g/mol. The molecule has 0 aromatic heterocycles. The van der Waals surface area contributed by atoms with E-state index in [9.17, 15) is 4.79 Å². The van der Waals surface area contributed by atoms with Gasteiger partial charge in [-0.1, -0.05) is 48.0 Å². The minimum atomic E-state index is 0.258. The van der Waals surface area contributed by atoms with Gasteiger partial charge in [-0.3, -0.25) is 4.79 Å². The van der Waals surface area contributed by atoms with Gasteiger partial charge in [-0.25, -0.2) is 0 Å². The molecule has 0 saturated heterocycles. The number of rotatable bonds is 7. The van der Waals surface area contributed by atoms with Crippen molar-refractivity contribution in [1.29, 1.82) is 0 Å². The molecule has 0 bridgehead atoms. The fraction of sp³-hybridized carbons (Fsp3) is 0.929. The zero-order valence-electron chi connectivity index (χ0n) is 11.4. The summed E-state index contributed by atoms with van der Waals surface area (Å²) in [6.45, 7) is 13.4. The summed E-state index contributed by atoms with van der Waals surface area (Å²) in [4.78, 5) is 11.3. The first-order valence-electron chi connectivity index (χ1n) is 6.28. The zero-order chi connectivity index (χ0) is 12.1. The molecule has 0 radical (unpaired) electrons. The van der Waals surface area contributed by atoms with Crippen molar-refractivity contribution < 1.29 is 4.79 Å². The topological polar surface area (TPSA) is 17.1 Å². The third kappa shape index (κ3) is 4.36. The fourth-order valence-electron chi connectivity index (χ4n) is 1.93. The van der Waals surface area contributed by atoms with Gasteiger partial charge in [-0.2, -0.15) is 0 Å². The Labute approximate surface area is 95.6 Å². The lowest BCUT2D eigenvalue weighted by Crippen LogP contribution is -2.32. The summed E-state index contributed by atoms with van der Waals surface area (Å²) in [7, 11) is 0. The van der Waals surface area contributed by atoms with E-state index >= 15 is 0 Å². The van der Waals surface area contributed by atoms with Gasteiger partial charge in [0.1, 0.15) is 5.78 Å². The molecule has 0 amide bonds. The van der Waals surface area contributed by atoms with E-state index in [1.54, 1.807) is 0 Å². The molecule has 90 valence electrons. The molecule has 0 fully saturated rings. The average molecular weight is 212 g/mol. The fourth-order valence-corrected chi connectivity index (χ4v) is 1.93. The lowest BCUT2D eigenvalue weighted by Gasteiger charge is -2.42. The minimum absolute atomic E-state index is 0.258. The van der Waals surface area contributed by atoms with Crippen LogP contribution in [0.4, 0.5) is 0 Å². The standard InChI is InChI=1S/C14H28O/c1-7-10-13(3,4)14(5,6)11-9-12(15)8-2/h7-11H2,1-6H3. The SMILES string of the molecule is CCCC(C)(C)C(C)(C)CCC(=O)CC. The lowest BCUT2D eigenvalue weighted by atomic mass is 9.63. The van der Waals surface area contributed by atoms with Crippen LogP contribution in [0.2, 0.25) is 0 Å². The van der Waals surface area contributed by atoms with Crippen LogP contribution in [0, 0.1) is 10.8 Å². The Bertz CT molecular complexity index is 201. The number of carbonyl (C=O) groups excluding carboxylic acids is 1. The van der Waals surface area contributed by atoms with Crippen LogP contribution in [0.25, 0.3) is 0 Å². The molecule has 0 aliphatic heterocycles. The molecule has 1 heteroatoms. The van der Waals surface area contributed by atoms with Crippen molar-refractivity contribution in [2.45, 2.75) is 73.6 Å². The van der Waals surface area contributed by atoms with Gasteiger partial charge in [0.15, 0.2) is 0 Å². The van der Waals surface area contributed by atoms with E-state index in [2.05, 4.69) is 34.6 Å². The van der Waals surface area contributed by atoms with Crippen molar-refractivity contribution in [3.63, 3.8) is 0 Å². The number of Topliss-reactive ketones (excluding diaryl/α,β-unsaturated/α-hetero) is 1. The second kappa shape index (κ2) is 5.67. The molecule has 0 atom stereocenters. The molecule has 0 aliphatic rings. The van der Waals surface area contributed by atoms with Crippen molar-refractivity contribution in [2.24, 2.45) is 10.8 Å². The van der Waals surface area contributed by atoms with Gasteiger partial charge in [0.2, 0.25) is 0 Å². The van der Waals surface area contributed by atoms with E-state index in [1.165, 1.54) is 12.8 Å². The lowest BCUT2D eigenvalue weighted by molar-refractivity contribution is -0.119. The molecular formula is C14H28O. The van der Waals surface area contributed by atoms with E-state index in [-0.39, 0.29) is 5.41 Å². The van der Waals surface area contributed by atoms with Gasteiger partial charge in [0.25, 0.3) is 0 Å². The second-order valence-electron chi connectivity index (χ2n) is 5.91. The second-order valence-corrected chi connectivity index (χ2v) is 5.91. The van der Waals surface area contributed by atoms with Gasteiger partial charge < -0.3 is 0 Å². The van der Waals surface area contributed by atoms with Crippen LogP contribution in [0.3, 0.4) is 0 Å². The quantitative estimate of drug-likeness (QED) is 0.603. The Morgan fingerprint density at radius 3 is 1.80 bits per heavy atom. The zero-order valence-corrected chi connectivity index (χ0v) is 11.4. The Hall–Kier alpha value is -0.330. The largest absolute Gasteiger partial charge is 0.300 e. The maximum absolute atomic E-state index is 11.3. The highest BCUT2D eigenvalue weighted by molar-refractivity contribution is 5.77. The van der Waals surface area contributed by atoms with Gasteiger partial charge in [0, 0.05) is 12.8 Å². The van der Waals surface area contributed by atoms with E-state index in [4.69, 9.17) is 0 Å². The molecule has 0 rings (SSSR count). The Morgan fingerprint density at radius 1 is 0.933 bits per heavy atom. The molecule has 0 heterocycles. The molecule has 0 unspecified atom stereocenters. The Balaban J connectivity index is 4.33. The molecule has 1 nitrogen and oxygen atoms in total. The van der Waals surface area contributed by atoms with Crippen molar-refractivity contribution in [3.05, 3.63) is 0 Å². The van der Waals surface area contributed by atoms with Gasteiger partial charge in [-0.05, 0) is 23.7 Å². The van der Waals surface area contributed by atoms with E-state index in [0.717, 1.165) is 12.8 Å². The van der Waals surface area contributed by atoms with Crippen LogP contribution < -0.4 is 0 Å². The smallest absolute Gasteiger partial charge is 0.132 e. The normalized spacial score (nSPS) is 12.9. The summed E-state index contributed by atoms with van der Waals surface area (Å²) < 4.78 is 0. The molecule has 0 spiro atoms. The van der Waals surface area contributed by atoms with Crippen LogP contribution in [0.15, 0.2) is 0 Å². The van der Waals surface area contributed by atoms with Crippen LogP contribution in [0.1, 0.15) is 73.6 Å². The van der Waals surface area contributed by atoms with Crippen LogP contribution in [-0.4, -0.2) is 5.78 Å². The number of ketones is 1. The Kier molecular flexibility index (Phi) is 5.55. The molecule has 15 heavy (non-hydrogen) atoms. The summed E-state index contributed by atoms with van der Waals surface area (Å²) in [6, 6.07) is 0.